The molecule has 30 heavy (non-hydrogen) atoms. The van der Waals surface area contributed by atoms with Crippen molar-refractivity contribution in [2.24, 2.45) is 11.5 Å². The van der Waals surface area contributed by atoms with Gasteiger partial charge in [-0.1, -0.05) is 24.3 Å². The largest absolute Gasteiger partial charge is 0.496 e. The van der Waals surface area contributed by atoms with Crippen LogP contribution in [-0.4, -0.2) is 26.4 Å². The van der Waals surface area contributed by atoms with Crippen molar-refractivity contribution in [3.63, 3.8) is 0 Å². The Balaban J connectivity index is 1.77. The Bertz CT molecular complexity index is 1080. The number of methoxy groups -OCH3 is 1. The third-order valence-electron chi connectivity index (χ3n) is 5.46. The second-order valence-corrected chi connectivity index (χ2v) is 7.27. The van der Waals surface area contributed by atoms with Crippen molar-refractivity contribution in [3.05, 3.63) is 65.5 Å². The molecule has 1 heterocycles. The summed E-state index contributed by atoms with van der Waals surface area (Å²) in [5.41, 5.74) is 16.5. The molecule has 1 aliphatic heterocycles. The van der Waals surface area contributed by atoms with Crippen LogP contribution in [0.25, 0.3) is 22.3 Å². The van der Waals surface area contributed by atoms with Crippen molar-refractivity contribution in [1.82, 2.24) is 0 Å². The fraction of sp³-hybridized carbons (Fsp3) is 0.250. The molecular weight excluding hydrogens is 383 g/mol. The van der Waals surface area contributed by atoms with Crippen LogP contribution in [0.3, 0.4) is 0 Å². The molecule has 6 heteroatoms. The number of ether oxygens (including phenoxy) is 3. The number of fused-ring (bicyclic) bond motifs is 1. The molecule has 1 unspecified atom stereocenters. The first-order chi connectivity index (χ1) is 14.5. The standard InChI is InChI=1S/C24H25FN2O3/c1-14-18(15-6-7-22-24(9-15)30-17(11-26)13-29-22)4-3-5-19(14)16-8-21(25)20(12-27)23(10-16)28-2/h3-10,17H,11-13,26-27H2,1-2H3. The molecule has 4 N–H and O–H groups in total. The molecule has 0 radical (unpaired) electrons. The molecule has 0 aromatic heterocycles. The molecule has 3 aromatic rings. The van der Waals surface area contributed by atoms with Crippen LogP contribution in [0.2, 0.25) is 0 Å². The smallest absolute Gasteiger partial charge is 0.162 e. The van der Waals surface area contributed by atoms with Crippen LogP contribution < -0.4 is 25.7 Å². The number of halogens is 1. The molecule has 0 saturated heterocycles. The second-order valence-electron chi connectivity index (χ2n) is 7.27. The van der Waals surface area contributed by atoms with Gasteiger partial charge in [-0.2, -0.15) is 0 Å². The zero-order chi connectivity index (χ0) is 21.3. The van der Waals surface area contributed by atoms with Gasteiger partial charge in [0, 0.05) is 18.7 Å². The monoisotopic (exact) mass is 408 g/mol. The molecule has 4 rings (SSSR count). The molecule has 0 saturated carbocycles. The number of nitrogens with two attached hydrogens (primary N) is 2. The molecule has 156 valence electrons. The molecular formula is C24H25FN2O3. The normalized spacial score (nSPS) is 15.2. The van der Waals surface area contributed by atoms with Crippen LogP contribution in [0.15, 0.2) is 48.5 Å². The molecule has 0 aliphatic carbocycles. The summed E-state index contributed by atoms with van der Waals surface area (Å²) in [5.74, 6) is 1.47. The highest BCUT2D eigenvalue weighted by molar-refractivity contribution is 5.80. The quantitative estimate of drug-likeness (QED) is 0.666. The first kappa shape index (κ1) is 20.2. The van der Waals surface area contributed by atoms with E-state index in [1.165, 1.54) is 13.2 Å². The molecule has 1 atom stereocenters. The summed E-state index contributed by atoms with van der Waals surface area (Å²) in [6.07, 6.45) is -0.156. The van der Waals surface area contributed by atoms with E-state index in [4.69, 9.17) is 25.7 Å². The van der Waals surface area contributed by atoms with Gasteiger partial charge in [-0.15, -0.1) is 0 Å². The molecule has 1 aliphatic rings. The number of hydrogen-bond donors (Lipinski definition) is 2. The van der Waals surface area contributed by atoms with Crippen molar-refractivity contribution in [2.75, 3.05) is 20.3 Å². The maximum Gasteiger partial charge on any atom is 0.162 e. The lowest BCUT2D eigenvalue weighted by molar-refractivity contribution is 0.0970. The van der Waals surface area contributed by atoms with E-state index >= 15 is 0 Å². The second kappa shape index (κ2) is 8.34. The summed E-state index contributed by atoms with van der Waals surface area (Å²) in [7, 11) is 1.52. The van der Waals surface area contributed by atoms with Crippen LogP contribution >= 0.6 is 0 Å². The minimum atomic E-state index is -0.371. The van der Waals surface area contributed by atoms with Crippen LogP contribution in [0.1, 0.15) is 11.1 Å². The summed E-state index contributed by atoms with van der Waals surface area (Å²) in [6, 6.07) is 15.2. The van der Waals surface area contributed by atoms with Crippen molar-refractivity contribution >= 4 is 0 Å². The van der Waals surface area contributed by atoms with Gasteiger partial charge in [-0.05, 0) is 59.0 Å². The Morgan fingerprint density at radius 2 is 1.80 bits per heavy atom. The minimum absolute atomic E-state index is 0.0787. The van der Waals surface area contributed by atoms with E-state index in [1.54, 1.807) is 0 Å². The SMILES string of the molecule is COc1cc(-c2cccc(-c3ccc4c(c3)OC(CN)CO4)c2C)cc(F)c1CN. The predicted molar refractivity (Wildman–Crippen MR) is 115 cm³/mol. The van der Waals surface area contributed by atoms with Crippen molar-refractivity contribution in [3.8, 4) is 39.5 Å². The summed E-state index contributed by atoms with van der Waals surface area (Å²) < 4.78 is 31.6. The van der Waals surface area contributed by atoms with Gasteiger partial charge >= 0.3 is 0 Å². The minimum Gasteiger partial charge on any atom is -0.496 e. The maximum absolute atomic E-state index is 14.6. The summed E-state index contributed by atoms with van der Waals surface area (Å²) >= 11 is 0. The average molecular weight is 408 g/mol. The topological polar surface area (TPSA) is 79.7 Å². The fourth-order valence-corrected chi connectivity index (χ4v) is 3.81. The Labute approximate surface area is 175 Å². The zero-order valence-corrected chi connectivity index (χ0v) is 17.1. The number of hydrogen-bond acceptors (Lipinski definition) is 5. The van der Waals surface area contributed by atoms with Gasteiger partial charge in [0.1, 0.15) is 24.3 Å². The Morgan fingerprint density at radius 3 is 2.50 bits per heavy atom. The summed E-state index contributed by atoms with van der Waals surface area (Å²) in [6.45, 7) is 2.94. The Morgan fingerprint density at radius 1 is 1.03 bits per heavy atom. The highest BCUT2D eigenvalue weighted by Crippen LogP contribution is 2.39. The number of benzene rings is 3. The van der Waals surface area contributed by atoms with Gasteiger partial charge in [0.05, 0.1) is 7.11 Å². The first-order valence-corrected chi connectivity index (χ1v) is 9.86. The van der Waals surface area contributed by atoms with E-state index < -0.39 is 0 Å². The van der Waals surface area contributed by atoms with E-state index in [-0.39, 0.29) is 18.5 Å². The lowest BCUT2D eigenvalue weighted by Gasteiger charge is -2.26. The van der Waals surface area contributed by atoms with Crippen LogP contribution in [0, 0.1) is 12.7 Å². The molecule has 0 bridgehead atoms. The third-order valence-corrected chi connectivity index (χ3v) is 5.46. The molecule has 5 nitrogen and oxygen atoms in total. The Kier molecular flexibility index (Phi) is 5.61. The molecule has 0 fully saturated rings. The maximum atomic E-state index is 14.6. The van der Waals surface area contributed by atoms with Crippen LogP contribution in [0.5, 0.6) is 17.2 Å². The molecule has 3 aromatic carbocycles. The van der Waals surface area contributed by atoms with Crippen LogP contribution in [-0.2, 0) is 6.54 Å². The van der Waals surface area contributed by atoms with E-state index in [1.807, 2.05) is 49.4 Å². The van der Waals surface area contributed by atoms with Crippen LogP contribution in [0.4, 0.5) is 4.39 Å². The third kappa shape index (κ3) is 3.60. The van der Waals surface area contributed by atoms with Gasteiger partial charge in [0.2, 0.25) is 0 Å². The fourth-order valence-electron chi connectivity index (χ4n) is 3.81. The van der Waals surface area contributed by atoms with Gasteiger partial charge in [-0.25, -0.2) is 4.39 Å². The lowest BCUT2D eigenvalue weighted by atomic mass is 9.92. The average Bonchev–Trinajstić information content (AvgIpc) is 2.77. The Hall–Kier alpha value is -3.09. The van der Waals surface area contributed by atoms with Crippen molar-refractivity contribution < 1.29 is 18.6 Å². The highest BCUT2D eigenvalue weighted by atomic mass is 19.1. The van der Waals surface area contributed by atoms with E-state index in [9.17, 15) is 4.39 Å². The highest BCUT2D eigenvalue weighted by Gasteiger charge is 2.21. The van der Waals surface area contributed by atoms with Gasteiger partial charge in [0.15, 0.2) is 11.5 Å². The predicted octanol–water partition coefficient (Wildman–Crippen LogP) is 4.03. The molecule has 0 amide bonds. The summed E-state index contributed by atoms with van der Waals surface area (Å²) in [4.78, 5) is 0. The van der Waals surface area contributed by atoms with Gasteiger partial charge < -0.3 is 25.7 Å². The van der Waals surface area contributed by atoms with Gasteiger partial charge in [0.25, 0.3) is 0 Å². The van der Waals surface area contributed by atoms with Gasteiger partial charge in [-0.3, -0.25) is 0 Å². The van der Waals surface area contributed by atoms with E-state index in [0.717, 1.165) is 27.8 Å². The van der Waals surface area contributed by atoms with Crippen molar-refractivity contribution in [2.45, 2.75) is 19.6 Å². The first-order valence-electron chi connectivity index (χ1n) is 9.86. The number of rotatable bonds is 5. The lowest BCUT2D eigenvalue weighted by Crippen LogP contribution is -2.35. The summed E-state index contributed by atoms with van der Waals surface area (Å²) in [5, 5.41) is 0. The van der Waals surface area contributed by atoms with E-state index in [2.05, 4.69) is 0 Å². The zero-order valence-electron chi connectivity index (χ0n) is 17.1. The molecule has 0 spiro atoms. The van der Waals surface area contributed by atoms with Crippen molar-refractivity contribution in [1.29, 1.82) is 0 Å². The van der Waals surface area contributed by atoms with E-state index in [0.29, 0.717) is 36.0 Å².